The maximum atomic E-state index is 4.51. The lowest BCUT2D eigenvalue weighted by atomic mass is 10.0. The van der Waals surface area contributed by atoms with Gasteiger partial charge in [0.05, 0.1) is 35.0 Å². The summed E-state index contributed by atoms with van der Waals surface area (Å²) in [4.78, 5) is 2.46. The molecular weight excluding hydrogens is 514 g/mol. The molecule has 1 aromatic heterocycles. The summed E-state index contributed by atoms with van der Waals surface area (Å²) in [6.07, 6.45) is 0. The first-order chi connectivity index (χ1) is 11.1. The summed E-state index contributed by atoms with van der Waals surface area (Å²) in [6.45, 7) is 4.09. The first-order valence-corrected chi connectivity index (χ1v) is 9.58. The molecule has 4 nitrogen and oxygen atoms in total. The van der Waals surface area contributed by atoms with Crippen molar-refractivity contribution in [1.29, 1.82) is 0 Å². The predicted molar refractivity (Wildman–Crippen MR) is 111 cm³/mol. The van der Waals surface area contributed by atoms with Crippen molar-refractivity contribution in [3.05, 3.63) is 57.3 Å². The molecule has 23 heavy (non-hydrogen) atoms. The summed E-state index contributed by atoms with van der Waals surface area (Å²) >= 11 is 4.55. The Kier molecular flexibility index (Phi) is 4.22. The van der Waals surface area contributed by atoms with Gasteiger partial charge in [-0.2, -0.15) is 5.10 Å². The van der Waals surface area contributed by atoms with Crippen LogP contribution in [0.4, 0.5) is 5.69 Å². The van der Waals surface area contributed by atoms with Crippen molar-refractivity contribution >= 4 is 62.0 Å². The molecule has 0 spiro atoms. The average molecular weight is 530 g/mol. The van der Waals surface area contributed by atoms with Gasteiger partial charge in [-0.3, -0.25) is 4.90 Å². The fourth-order valence-electron chi connectivity index (χ4n) is 3.11. The lowest BCUT2D eigenvalue weighted by molar-refractivity contribution is 0.210. The second kappa shape index (κ2) is 6.21. The van der Waals surface area contributed by atoms with Crippen LogP contribution < -0.4 is 5.32 Å². The average Bonchev–Trinajstić information content (AvgIpc) is 2.86. The Labute approximate surface area is 162 Å². The van der Waals surface area contributed by atoms with E-state index in [1.807, 2.05) is 2.90 Å². The number of aromatic nitrogens is 2. The van der Waals surface area contributed by atoms with E-state index in [0.717, 1.165) is 16.9 Å². The third-order valence-electron chi connectivity index (χ3n) is 4.49. The molecule has 2 heterocycles. The molecule has 1 aliphatic rings. The zero-order chi connectivity index (χ0) is 16.0. The van der Waals surface area contributed by atoms with Gasteiger partial charge < -0.3 is 5.32 Å². The van der Waals surface area contributed by atoms with Crippen molar-refractivity contribution in [2.24, 2.45) is 0 Å². The number of hydrogen-bond acceptors (Lipinski definition) is 3. The maximum absolute atomic E-state index is 4.51. The third-order valence-corrected chi connectivity index (χ3v) is 6.03. The highest BCUT2D eigenvalue weighted by molar-refractivity contribution is 14.1. The van der Waals surface area contributed by atoms with Crippen LogP contribution in [0.3, 0.4) is 0 Å². The van der Waals surface area contributed by atoms with E-state index in [-0.39, 0.29) is 0 Å². The smallest absolute Gasteiger partial charge is 0.132 e. The molecular formula is C17H16I2N4. The molecule has 0 saturated carbocycles. The van der Waals surface area contributed by atoms with E-state index in [1.54, 1.807) is 0 Å². The largest absolute Gasteiger partial charge is 0.372 e. The van der Waals surface area contributed by atoms with E-state index in [1.165, 1.54) is 27.7 Å². The van der Waals surface area contributed by atoms with Gasteiger partial charge in [-0.05, 0) is 52.8 Å². The lowest BCUT2D eigenvalue weighted by Gasteiger charge is -2.34. The molecule has 0 amide bonds. The molecule has 0 saturated heterocycles. The van der Waals surface area contributed by atoms with Crippen molar-refractivity contribution < 1.29 is 0 Å². The van der Waals surface area contributed by atoms with Crippen LogP contribution in [0.5, 0.6) is 0 Å². The van der Waals surface area contributed by atoms with Gasteiger partial charge in [0.1, 0.15) is 3.70 Å². The standard InChI is InChI=1S/C17H16I2N4/c1-11(12-5-3-2-4-6-12)22-9-13-7-14-16(8-15(13)20-10-22)23(19)21-17(14)18/h2-8,11,20H,9-10H2,1H3/t11-/m1/s1. The highest BCUT2D eigenvalue weighted by atomic mass is 127. The number of nitrogens with zero attached hydrogens (tertiary/aromatic N) is 3. The molecule has 1 aliphatic heterocycles. The van der Waals surface area contributed by atoms with Gasteiger partial charge in [-0.25, -0.2) is 2.90 Å². The molecule has 0 fully saturated rings. The monoisotopic (exact) mass is 530 g/mol. The number of benzene rings is 2. The molecule has 1 atom stereocenters. The fourth-order valence-corrected chi connectivity index (χ4v) is 4.78. The van der Waals surface area contributed by atoms with Gasteiger partial charge in [-0.1, -0.05) is 30.3 Å². The fraction of sp³-hybridized carbons (Fsp3) is 0.235. The number of anilines is 1. The lowest BCUT2D eigenvalue weighted by Crippen LogP contribution is -2.35. The van der Waals surface area contributed by atoms with E-state index < -0.39 is 0 Å². The summed E-state index contributed by atoms with van der Waals surface area (Å²) in [5.74, 6) is 0. The summed E-state index contributed by atoms with van der Waals surface area (Å²) < 4.78 is 2.98. The van der Waals surface area contributed by atoms with Gasteiger partial charge in [0.25, 0.3) is 0 Å². The van der Waals surface area contributed by atoms with Crippen molar-refractivity contribution in [2.45, 2.75) is 19.5 Å². The Morgan fingerprint density at radius 2 is 2.00 bits per heavy atom. The van der Waals surface area contributed by atoms with Crippen LogP contribution >= 0.6 is 45.5 Å². The Hall–Kier alpha value is -0.870. The molecule has 4 rings (SSSR count). The number of hydrogen-bond donors (Lipinski definition) is 1. The van der Waals surface area contributed by atoms with E-state index in [0.29, 0.717) is 6.04 Å². The van der Waals surface area contributed by atoms with E-state index in [9.17, 15) is 0 Å². The van der Waals surface area contributed by atoms with Gasteiger partial charge in [0, 0.05) is 23.7 Å². The molecule has 118 valence electrons. The Balaban J connectivity index is 1.67. The van der Waals surface area contributed by atoms with Crippen molar-refractivity contribution in [3.8, 4) is 0 Å². The number of fused-ring (bicyclic) bond motifs is 2. The maximum Gasteiger partial charge on any atom is 0.132 e. The second-order valence-corrected chi connectivity index (χ2v) is 7.78. The normalized spacial score (nSPS) is 16.1. The second-order valence-electron chi connectivity index (χ2n) is 5.85. The van der Waals surface area contributed by atoms with Crippen molar-refractivity contribution in [1.82, 2.24) is 12.9 Å². The highest BCUT2D eigenvalue weighted by Gasteiger charge is 2.23. The predicted octanol–water partition coefficient (Wildman–Crippen LogP) is 4.79. The zero-order valence-corrected chi connectivity index (χ0v) is 16.9. The third kappa shape index (κ3) is 2.85. The molecule has 0 radical (unpaired) electrons. The topological polar surface area (TPSA) is 33.1 Å². The molecule has 6 heteroatoms. The van der Waals surface area contributed by atoms with Crippen LogP contribution in [0.25, 0.3) is 10.9 Å². The summed E-state index contributed by atoms with van der Waals surface area (Å²) in [5.41, 5.74) is 5.09. The van der Waals surface area contributed by atoms with Crippen LogP contribution in [0.15, 0.2) is 42.5 Å². The van der Waals surface area contributed by atoms with Crippen LogP contribution in [0.1, 0.15) is 24.1 Å². The van der Waals surface area contributed by atoms with Crippen molar-refractivity contribution in [2.75, 3.05) is 12.0 Å². The van der Waals surface area contributed by atoms with Crippen molar-refractivity contribution in [3.63, 3.8) is 0 Å². The highest BCUT2D eigenvalue weighted by Crippen LogP contribution is 2.33. The minimum absolute atomic E-state index is 0.388. The summed E-state index contributed by atoms with van der Waals surface area (Å²) in [7, 11) is 0. The van der Waals surface area contributed by atoms with Crippen LogP contribution in [0, 0.1) is 3.70 Å². The van der Waals surface area contributed by atoms with Crippen LogP contribution in [0.2, 0.25) is 0 Å². The Morgan fingerprint density at radius 1 is 1.22 bits per heavy atom. The van der Waals surface area contributed by atoms with Gasteiger partial charge in [0.15, 0.2) is 0 Å². The van der Waals surface area contributed by atoms with E-state index in [4.69, 9.17) is 0 Å². The Morgan fingerprint density at radius 3 is 2.78 bits per heavy atom. The number of nitrogens with one attached hydrogen (secondary N) is 1. The number of halogens is 2. The minimum Gasteiger partial charge on any atom is -0.372 e. The van der Waals surface area contributed by atoms with Crippen LogP contribution in [-0.2, 0) is 6.54 Å². The zero-order valence-electron chi connectivity index (χ0n) is 12.6. The first-order valence-electron chi connectivity index (χ1n) is 7.53. The Bertz CT molecular complexity index is 860. The molecule has 1 N–H and O–H groups in total. The molecule has 0 aliphatic carbocycles. The van der Waals surface area contributed by atoms with Gasteiger partial charge in [0.2, 0.25) is 0 Å². The SMILES string of the molecule is C[C@H](c1ccccc1)N1CNc2cc3c(cc2C1)c(I)nn3I. The van der Waals surface area contributed by atoms with E-state index in [2.05, 4.69) is 110 Å². The first kappa shape index (κ1) is 15.6. The molecule has 0 bridgehead atoms. The molecule has 3 aromatic rings. The summed E-state index contributed by atoms with van der Waals surface area (Å²) in [6, 6.07) is 15.6. The number of rotatable bonds is 2. The molecule has 2 aromatic carbocycles. The minimum atomic E-state index is 0.388. The quantitative estimate of drug-likeness (QED) is 0.485. The van der Waals surface area contributed by atoms with Gasteiger partial charge in [-0.15, -0.1) is 0 Å². The molecule has 0 unspecified atom stereocenters. The van der Waals surface area contributed by atoms with Crippen LogP contribution in [-0.4, -0.2) is 19.6 Å². The van der Waals surface area contributed by atoms with E-state index >= 15 is 0 Å². The summed E-state index contributed by atoms with van der Waals surface area (Å²) in [5, 5.41) is 9.31. The van der Waals surface area contributed by atoms with Gasteiger partial charge >= 0.3 is 0 Å².